The van der Waals surface area contributed by atoms with Crippen LogP contribution in [0.2, 0.25) is 0 Å². The van der Waals surface area contributed by atoms with Gasteiger partial charge in [0.25, 0.3) is 5.88 Å². The summed E-state index contributed by atoms with van der Waals surface area (Å²) in [7, 11) is 0. The first-order valence-corrected chi connectivity index (χ1v) is 7.73. The third-order valence-corrected chi connectivity index (χ3v) is 3.61. The third-order valence-electron chi connectivity index (χ3n) is 3.61. The van der Waals surface area contributed by atoms with Crippen LogP contribution in [0, 0.1) is 0 Å². The second-order valence-electron chi connectivity index (χ2n) is 5.20. The summed E-state index contributed by atoms with van der Waals surface area (Å²) in [6.45, 7) is 4.42. The molecule has 116 valence electrons. The second-order valence-corrected chi connectivity index (χ2v) is 5.20. The highest BCUT2D eigenvalue weighted by Gasteiger charge is 2.17. The zero-order chi connectivity index (χ0) is 15.0. The van der Waals surface area contributed by atoms with Gasteiger partial charge in [0.05, 0.1) is 6.61 Å². The van der Waals surface area contributed by atoms with Crippen molar-refractivity contribution in [1.82, 2.24) is 20.3 Å². The van der Waals surface area contributed by atoms with Crippen molar-refractivity contribution in [2.24, 2.45) is 0 Å². The van der Waals surface area contributed by atoms with E-state index in [4.69, 9.17) is 4.74 Å². The molecule has 0 atom stereocenters. The number of nitrogens with one attached hydrogen (secondary N) is 1. The van der Waals surface area contributed by atoms with Crippen molar-refractivity contribution in [2.75, 3.05) is 37.7 Å². The Bertz CT molecular complexity index is 572. The minimum atomic E-state index is 0.619. The molecule has 2 aromatic heterocycles. The van der Waals surface area contributed by atoms with E-state index >= 15 is 0 Å². The molecule has 0 saturated carbocycles. The lowest BCUT2D eigenvalue weighted by Crippen LogP contribution is -2.44. The zero-order valence-corrected chi connectivity index (χ0v) is 12.6. The number of aromatic nitrogens is 3. The Kier molecular flexibility index (Phi) is 5.15. The van der Waals surface area contributed by atoms with E-state index in [-0.39, 0.29) is 0 Å². The number of piperazine rings is 1. The van der Waals surface area contributed by atoms with E-state index in [9.17, 15) is 0 Å². The highest BCUT2D eigenvalue weighted by molar-refractivity contribution is 5.48. The fraction of sp³-hybridized carbons (Fsp3) is 0.438. The van der Waals surface area contributed by atoms with E-state index in [1.54, 1.807) is 12.4 Å². The normalized spacial score (nSPS) is 14.8. The van der Waals surface area contributed by atoms with Crippen LogP contribution < -0.4 is 15.0 Å². The first-order valence-electron chi connectivity index (χ1n) is 7.73. The summed E-state index contributed by atoms with van der Waals surface area (Å²) in [6.07, 6.45) is 7.04. The van der Waals surface area contributed by atoms with Crippen molar-refractivity contribution in [3.63, 3.8) is 0 Å². The molecule has 3 heterocycles. The van der Waals surface area contributed by atoms with Gasteiger partial charge in [-0.2, -0.15) is 0 Å². The quantitative estimate of drug-likeness (QED) is 0.811. The van der Waals surface area contributed by atoms with Gasteiger partial charge in [-0.15, -0.1) is 0 Å². The largest absolute Gasteiger partial charge is 0.475 e. The van der Waals surface area contributed by atoms with Crippen LogP contribution in [-0.2, 0) is 6.42 Å². The Hall–Kier alpha value is -2.21. The van der Waals surface area contributed by atoms with Crippen LogP contribution in [0.5, 0.6) is 5.88 Å². The lowest BCUT2D eigenvalue weighted by Gasteiger charge is -2.28. The summed E-state index contributed by atoms with van der Waals surface area (Å²) < 4.78 is 5.85. The van der Waals surface area contributed by atoms with Crippen LogP contribution >= 0.6 is 0 Å². The van der Waals surface area contributed by atoms with Crippen LogP contribution in [0.4, 0.5) is 5.82 Å². The van der Waals surface area contributed by atoms with Gasteiger partial charge >= 0.3 is 0 Å². The van der Waals surface area contributed by atoms with Gasteiger partial charge in [-0.25, -0.2) is 9.97 Å². The number of aryl methyl sites for hydroxylation is 1. The molecule has 1 saturated heterocycles. The Morgan fingerprint density at radius 3 is 2.73 bits per heavy atom. The molecule has 3 rings (SSSR count). The Morgan fingerprint density at radius 2 is 1.91 bits per heavy atom. The summed E-state index contributed by atoms with van der Waals surface area (Å²) in [5, 5.41) is 3.34. The lowest BCUT2D eigenvalue weighted by atomic mass is 10.2. The summed E-state index contributed by atoms with van der Waals surface area (Å²) in [5.74, 6) is 1.48. The molecule has 0 bridgehead atoms. The van der Waals surface area contributed by atoms with Crippen LogP contribution in [0.25, 0.3) is 0 Å². The molecular formula is C16H21N5O. The van der Waals surface area contributed by atoms with E-state index in [2.05, 4.69) is 25.2 Å². The Balaban J connectivity index is 1.53. The summed E-state index contributed by atoms with van der Waals surface area (Å²) >= 11 is 0. The third kappa shape index (κ3) is 3.92. The monoisotopic (exact) mass is 299 g/mol. The van der Waals surface area contributed by atoms with E-state index in [0.717, 1.165) is 50.5 Å². The SMILES string of the molecule is c1ccc(CCCOc2nccnc2N2CCNCC2)nc1. The molecule has 1 N–H and O–H groups in total. The molecule has 1 aliphatic rings. The predicted octanol–water partition coefficient (Wildman–Crippen LogP) is 1.29. The average molecular weight is 299 g/mol. The van der Waals surface area contributed by atoms with Crippen molar-refractivity contribution < 1.29 is 4.74 Å². The molecule has 6 heteroatoms. The molecule has 0 amide bonds. The highest BCUT2D eigenvalue weighted by Crippen LogP contribution is 2.22. The zero-order valence-electron chi connectivity index (χ0n) is 12.6. The van der Waals surface area contributed by atoms with Gasteiger partial charge in [-0.05, 0) is 25.0 Å². The molecule has 1 fully saturated rings. The van der Waals surface area contributed by atoms with Crippen molar-refractivity contribution in [2.45, 2.75) is 12.8 Å². The van der Waals surface area contributed by atoms with Crippen LogP contribution in [0.3, 0.4) is 0 Å². The van der Waals surface area contributed by atoms with Crippen molar-refractivity contribution in [3.05, 3.63) is 42.5 Å². The van der Waals surface area contributed by atoms with Gasteiger partial charge in [0.2, 0.25) is 0 Å². The lowest BCUT2D eigenvalue weighted by molar-refractivity contribution is 0.297. The molecule has 0 unspecified atom stereocenters. The van der Waals surface area contributed by atoms with Gasteiger partial charge in [0, 0.05) is 50.5 Å². The number of pyridine rings is 1. The van der Waals surface area contributed by atoms with Crippen LogP contribution in [0.15, 0.2) is 36.8 Å². The summed E-state index contributed by atoms with van der Waals surface area (Å²) in [5.41, 5.74) is 1.09. The first kappa shape index (κ1) is 14.7. The average Bonchev–Trinajstić information content (AvgIpc) is 2.61. The molecule has 1 aliphatic heterocycles. The van der Waals surface area contributed by atoms with Crippen LogP contribution in [-0.4, -0.2) is 47.7 Å². The molecular weight excluding hydrogens is 278 g/mol. The van der Waals surface area contributed by atoms with Crippen molar-refractivity contribution in [3.8, 4) is 5.88 Å². The van der Waals surface area contributed by atoms with Gasteiger partial charge in [-0.3, -0.25) is 4.98 Å². The van der Waals surface area contributed by atoms with E-state index in [1.807, 2.05) is 24.4 Å². The number of nitrogens with zero attached hydrogens (tertiary/aromatic N) is 4. The predicted molar refractivity (Wildman–Crippen MR) is 85.2 cm³/mol. The number of anilines is 1. The van der Waals surface area contributed by atoms with Gasteiger partial charge in [0.1, 0.15) is 0 Å². The molecule has 0 aromatic carbocycles. The fourth-order valence-electron chi connectivity index (χ4n) is 2.48. The highest BCUT2D eigenvalue weighted by atomic mass is 16.5. The maximum absolute atomic E-state index is 5.85. The van der Waals surface area contributed by atoms with Crippen molar-refractivity contribution >= 4 is 5.82 Å². The minimum absolute atomic E-state index is 0.619. The topological polar surface area (TPSA) is 63.2 Å². The molecule has 0 spiro atoms. The molecule has 0 radical (unpaired) electrons. The minimum Gasteiger partial charge on any atom is -0.475 e. The number of hydrogen-bond acceptors (Lipinski definition) is 6. The van der Waals surface area contributed by atoms with Gasteiger partial charge in [0.15, 0.2) is 5.82 Å². The van der Waals surface area contributed by atoms with Gasteiger partial charge in [-0.1, -0.05) is 6.07 Å². The standard InChI is InChI=1S/C16H21N5O/c1-2-6-18-14(4-1)5-3-13-22-16-15(19-7-8-20-16)21-11-9-17-10-12-21/h1-2,4,6-8,17H,3,5,9-13H2. The maximum atomic E-state index is 5.85. The van der Waals surface area contributed by atoms with Crippen LogP contribution in [0.1, 0.15) is 12.1 Å². The second kappa shape index (κ2) is 7.70. The van der Waals surface area contributed by atoms with Crippen molar-refractivity contribution in [1.29, 1.82) is 0 Å². The van der Waals surface area contributed by atoms with Gasteiger partial charge < -0.3 is 15.0 Å². The van der Waals surface area contributed by atoms with E-state index < -0.39 is 0 Å². The molecule has 2 aromatic rings. The van der Waals surface area contributed by atoms with E-state index in [0.29, 0.717) is 12.5 Å². The molecule has 0 aliphatic carbocycles. The maximum Gasteiger partial charge on any atom is 0.257 e. The number of hydrogen-bond donors (Lipinski definition) is 1. The van der Waals surface area contributed by atoms with E-state index in [1.165, 1.54) is 0 Å². The fourth-order valence-corrected chi connectivity index (χ4v) is 2.48. The molecule has 6 nitrogen and oxygen atoms in total. The molecule has 22 heavy (non-hydrogen) atoms. The Morgan fingerprint density at radius 1 is 1.05 bits per heavy atom. The number of rotatable bonds is 6. The smallest absolute Gasteiger partial charge is 0.257 e. The summed E-state index contributed by atoms with van der Waals surface area (Å²) in [6, 6.07) is 5.97. The summed E-state index contributed by atoms with van der Waals surface area (Å²) in [4.78, 5) is 15.3. The first-order chi connectivity index (χ1) is 10.9. The number of ether oxygens (including phenoxy) is 1. The Labute approximate surface area is 130 Å².